The molecule has 0 aliphatic rings. The van der Waals surface area contributed by atoms with E-state index in [0.717, 1.165) is 10.9 Å². The molecule has 0 radical (unpaired) electrons. The molecule has 1 atom stereocenters. The van der Waals surface area contributed by atoms with Crippen LogP contribution in [0.25, 0.3) is 0 Å². The van der Waals surface area contributed by atoms with Crippen LogP contribution in [0.5, 0.6) is 0 Å². The Balaban J connectivity index is 2.64. The molecule has 0 amide bonds. The highest BCUT2D eigenvalue weighted by Crippen LogP contribution is 2.21. The minimum absolute atomic E-state index is 0.367. The molecule has 1 rings (SSSR count). The number of nitrogens with one attached hydrogen (secondary N) is 1. The first-order valence-electron chi connectivity index (χ1n) is 4.93. The van der Waals surface area contributed by atoms with Crippen LogP contribution in [0.2, 0.25) is 0 Å². The summed E-state index contributed by atoms with van der Waals surface area (Å²) in [4.78, 5) is 0. The normalized spacial score (nSPS) is 12.8. The Morgan fingerprint density at radius 3 is 2.50 bits per heavy atom. The Morgan fingerprint density at radius 2 is 2.00 bits per heavy atom. The van der Waals surface area contributed by atoms with Gasteiger partial charge in [0.05, 0.1) is 0 Å². The molecule has 1 aromatic rings. The van der Waals surface area contributed by atoms with Crippen molar-refractivity contribution in [3.05, 3.63) is 34.3 Å². The van der Waals surface area contributed by atoms with Gasteiger partial charge in [-0.05, 0) is 24.1 Å². The lowest BCUT2D eigenvalue weighted by atomic mass is 10.0. The molecule has 3 heteroatoms. The lowest BCUT2D eigenvalue weighted by molar-refractivity contribution is 0.576. The summed E-state index contributed by atoms with van der Waals surface area (Å²) in [6.07, 6.45) is 3.60. The van der Waals surface area contributed by atoms with Crippen LogP contribution >= 0.6 is 28.7 Å². The predicted octanol–water partition coefficient (Wildman–Crippen LogP) is 4.11. The van der Waals surface area contributed by atoms with E-state index in [0.29, 0.717) is 6.04 Å². The first kappa shape index (κ1) is 12.1. The van der Waals surface area contributed by atoms with Gasteiger partial charge in [-0.15, -0.1) is 0 Å². The number of halogens is 1. The smallest absolute Gasteiger partial charge is 0.0419 e. The summed E-state index contributed by atoms with van der Waals surface area (Å²) in [5.41, 5.74) is 1.30. The van der Waals surface area contributed by atoms with Crippen LogP contribution in [0.3, 0.4) is 0 Å². The average Bonchev–Trinajstić information content (AvgIpc) is 2.21. The van der Waals surface area contributed by atoms with E-state index in [-0.39, 0.29) is 0 Å². The molecule has 1 unspecified atom stereocenters. The standard InChI is InChI=1S/C11H16BrNS/c1-2-3-4-11(13-14)9-5-7-10(12)8-6-9/h5-8,11,13-14H,2-4H2,1H3. The van der Waals surface area contributed by atoms with Crippen molar-refractivity contribution in [2.45, 2.75) is 32.2 Å². The third-order valence-electron chi connectivity index (χ3n) is 2.27. The molecule has 0 aliphatic carbocycles. The second-order valence-corrected chi connectivity index (χ2v) is 4.55. The number of unbranched alkanes of at least 4 members (excludes halogenated alkanes) is 1. The molecule has 0 saturated heterocycles. The third kappa shape index (κ3) is 3.64. The molecule has 0 heterocycles. The van der Waals surface area contributed by atoms with Gasteiger partial charge in [-0.1, -0.05) is 60.6 Å². The van der Waals surface area contributed by atoms with E-state index in [1.54, 1.807) is 0 Å². The molecule has 1 nitrogen and oxygen atoms in total. The fourth-order valence-corrected chi connectivity index (χ4v) is 1.95. The Bertz CT molecular complexity index is 260. The highest BCUT2D eigenvalue weighted by molar-refractivity contribution is 9.10. The van der Waals surface area contributed by atoms with Gasteiger partial charge in [0.25, 0.3) is 0 Å². The monoisotopic (exact) mass is 273 g/mol. The van der Waals surface area contributed by atoms with E-state index in [1.807, 2.05) is 0 Å². The number of hydrogen-bond acceptors (Lipinski definition) is 2. The van der Waals surface area contributed by atoms with Crippen molar-refractivity contribution in [2.75, 3.05) is 0 Å². The molecule has 0 spiro atoms. The molecule has 0 saturated carbocycles. The topological polar surface area (TPSA) is 12.0 Å². The second-order valence-electron chi connectivity index (χ2n) is 3.38. The molecular weight excluding hydrogens is 258 g/mol. The Hall–Kier alpha value is 0.01000. The maximum atomic E-state index is 4.16. The van der Waals surface area contributed by atoms with Crippen molar-refractivity contribution in [2.24, 2.45) is 0 Å². The highest BCUT2D eigenvalue weighted by atomic mass is 79.9. The van der Waals surface area contributed by atoms with Gasteiger partial charge in [-0.3, -0.25) is 4.72 Å². The van der Waals surface area contributed by atoms with Crippen LogP contribution in [0.1, 0.15) is 37.8 Å². The van der Waals surface area contributed by atoms with Crippen LogP contribution in [-0.4, -0.2) is 0 Å². The maximum Gasteiger partial charge on any atom is 0.0419 e. The molecule has 0 fully saturated rings. The van der Waals surface area contributed by atoms with Crippen molar-refractivity contribution in [1.82, 2.24) is 4.72 Å². The Morgan fingerprint density at radius 1 is 1.36 bits per heavy atom. The van der Waals surface area contributed by atoms with Crippen LogP contribution in [-0.2, 0) is 0 Å². The number of thiol groups is 1. The quantitative estimate of drug-likeness (QED) is 0.770. The van der Waals surface area contributed by atoms with Gasteiger partial charge in [-0.2, -0.15) is 0 Å². The van der Waals surface area contributed by atoms with Crippen molar-refractivity contribution < 1.29 is 0 Å². The largest absolute Gasteiger partial charge is 0.259 e. The van der Waals surface area contributed by atoms with Crippen molar-refractivity contribution in [1.29, 1.82) is 0 Å². The van der Waals surface area contributed by atoms with Crippen molar-refractivity contribution in [3.8, 4) is 0 Å². The van der Waals surface area contributed by atoms with E-state index < -0.39 is 0 Å². The van der Waals surface area contributed by atoms with Crippen molar-refractivity contribution >= 4 is 28.7 Å². The van der Waals surface area contributed by atoms with E-state index in [2.05, 4.69) is 64.7 Å². The summed E-state index contributed by atoms with van der Waals surface area (Å²) in [7, 11) is 0. The summed E-state index contributed by atoms with van der Waals surface area (Å²) >= 11 is 7.59. The third-order valence-corrected chi connectivity index (χ3v) is 3.11. The molecule has 1 aromatic carbocycles. The number of rotatable bonds is 5. The summed E-state index contributed by atoms with van der Waals surface area (Å²) in [5.74, 6) is 0. The maximum absolute atomic E-state index is 4.16. The number of hydrogen-bond donors (Lipinski definition) is 2. The fraction of sp³-hybridized carbons (Fsp3) is 0.455. The highest BCUT2D eigenvalue weighted by Gasteiger charge is 2.07. The first-order chi connectivity index (χ1) is 6.77. The molecule has 1 N–H and O–H groups in total. The summed E-state index contributed by atoms with van der Waals surface area (Å²) in [5, 5.41) is 0. The Kier molecular flexibility index (Phi) is 5.60. The van der Waals surface area contributed by atoms with Gasteiger partial charge in [0, 0.05) is 10.5 Å². The summed E-state index contributed by atoms with van der Waals surface area (Å²) in [6.45, 7) is 2.21. The van der Waals surface area contributed by atoms with Crippen LogP contribution in [0.4, 0.5) is 0 Å². The first-order valence-corrected chi connectivity index (χ1v) is 6.17. The van der Waals surface area contributed by atoms with Gasteiger partial charge in [0.1, 0.15) is 0 Å². The average molecular weight is 274 g/mol. The molecule has 0 bridgehead atoms. The summed E-state index contributed by atoms with van der Waals surface area (Å²) < 4.78 is 4.17. The minimum atomic E-state index is 0.367. The van der Waals surface area contributed by atoms with E-state index in [9.17, 15) is 0 Å². The van der Waals surface area contributed by atoms with Gasteiger partial charge in [-0.25, -0.2) is 0 Å². The van der Waals surface area contributed by atoms with Gasteiger partial charge >= 0.3 is 0 Å². The predicted molar refractivity (Wildman–Crippen MR) is 68.5 cm³/mol. The molecular formula is C11H16BrNS. The van der Waals surface area contributed by atoms with Crippen LogP contribution in [0, 0.1) is 0 Å². The lowest BCUT2D eigenvalue weighted by Crippen LogP contribution is -2.11. The van der Waals surface area contributed by atoms with Gasteiger partial charge in [0.2, 0.25) is 0 Å². The number of benzene rings is 1. The molecule has 78 valence electrons. The lowest BCUT2D eigenvalue weighted by Gasteiger charge is -2.15. The van der Waals surface area contributed by atoms with Crippen molar-refractivity contribution in [3.63, 3.8) is 0 Å². The molecule has 14 heavy (non-hydrogen) atoms. The van der Waals surface area contributed by atoms with E-state index in [1.165, 1.54) is 18.4 Å². The molecule has 0 aromatic heterocycles. The van der Waals surface area contributed by atoms with E-state index in [4.69, 9.17) is 0 Å². The fourth-order valence-electron chi connectivity index (χ4n) is 1.41. The Labute approximate surface area is 100.0 Å². The van der Waals surface area contributed by atoms with Gasteiger partial charge < -0.3 is 0 Å². The second kappa shape index (κ2) is 6.49. The van der Waals surface area contributed by atoms with Crippen LogP contribution in [0.15, 0.2) is 28.7 Å². The zero-order chi connectivity index (χ0) is 10.4. The van der Waals surface area contributed by atoms with Crippen LogP contribution < -0.4 is 4.72 Å². The zero-order valence-electron chi connectivity index (χ0n) is 8.33. The zero-order valence-corrected chi connectivity index (χ0v) is 10.8. The molecule has 0 aliphatic heterocycles. The SMILES string of the molecule is CCCCC(NS)c1ccc(Br)cc1. The summed E-state index contributed by atoms with van der Waals surface area (Å²) in [6, 6.07) is 8.77. The van der Waals surface area contributed by atoms with E-state index >= 15 is 0 Å². The van der Waals surface area contributed by atoms with Gasteiger partial charge in [0.15, 0.2) is 0 Å². The minimum Gasteiger partial charge on any atom is -0.259 e.